The van der Waals surface area contributed by atoms with E-state index in [0.29, 0.717) is 13.0 Å². The molecule has 146 valence electrons. The maximum Gasteiger partial charge on any atom is 0.475 e. The number of fused-ring (bicyclic) bond motifs is 2. The zero-order valence-electron chi connectivity index (χ0n) is 15.9. The van der Waals surface area contributed by atoms with Gasteiger partial charge in [0.15, 0.2) is 0 Å². The van der Waals surface area contributed by atoms with Crippen LogP contribution in [0.15, 0.2) is 73.1 Å². The van der Waals surface area contributed by atoms with Crippen LogP contribution in [0, 0.1) is 0 Å². The van der Waals surface area contributed by atoms with Crippen molar-refractivity contribution >= 4 is 34.8 Å². The molecule has 1 aromatic heterocycles. The Morgan fingerprint density at radius 2 is 1.79 bits per heavy atom. The van der Waals surface area contributed by atoms with Gasteiger partial charge in [0.05, 0.1) is 23.3 Å². The summed E-state index contributed by atoms with van der Waals surface area (Å²) < 4.78 is 1.92. The highest BCUT2D eigenvalue weighted by molar-refractivity contribution is 6.43. The van der Waals surface area contributed by atoms with Crippen LogP contribution in [0.2, 0.25) is 0 Å². The largest absolute Gasteiger partial charge is 0.475 e. The fourth-order valence-electron chi connectivity index (χ4n) is 3.54. The Labute approximate surface area is 169 Å². The Morgan fingerprint density at radius 1 is 1.03 bits per heavy atom. The molecule has 0 spiro atoms. The van der Waals surface area contributed by atoms with Crippen LogP contribution in [0.25, 0.3) is 21.8 Å². The lowest BCUT2D eigenvalue weighted by Gasteiger charge is -2.18. The minimum atomic E-state index is -1.64. The number of rotatable bonds is 7. The summed E-state index contributed by atoms with van der Waals surface area (Å²) in [5.41, 5.74) is 2.78. The van der Waals surface area contributed by atoms with Crippen molar-refractivity contribution in [3.8, 4) is 0 Å². The van der Waals surface area contributed by atoms with Crippen molar-refractivity contribution in [2.24, 2.45) is 0 Å². The van der Waals surface area contributed by atoms with E-state index in [0.717, 1.165) is 27.4 Å². The van der Waals surface area contributed by atoms with E-state index in [1.165, 1.54) is 0 Å². The first-order valence-corrected chi connectivity index (χ1v) is 9.63. The van der Waals surface area contributed by atoms with Crippen molar-refractivity contribution in [1.82, 2.24) is 14.9 Å². The Bertz CT molecular complexity index is 1140. The summed E-state index contributed by atoms with van der Waals surface area (Å²) in [6, 6.07) is 21.7. The van der Waals surface area contributed by atoms with Crippen molar-refractivity contribution in [3.63, 3.8) is 0 Å². The number of aryl methyl sites for hydroxylation is 1. The zero-order chi connectivity index (χ0) is 20.2. The highest BCUT2D eigenvalue weighted by Crippen LogP contribution is 2.17. The number of imidazole rings is 1. The maximum atomic E-state index is 12.4. The van der Waals surface area contributed by atoms with E-state index in [2.05, 4.69) is 10.3 Å². The highest BCUT2D eigenvalue weighted by atomic mass is 16.4. The van der Waals surface area contributed by atoms with E-state index in [-0.39, 0.29) is 12.3 Å². The average molecular weight is 387 g/mol. The van der Waals surface area contributed by atoms with Crippen LogP contribution in [0.5, 0.6) is 0 Å². The van der Waals surface area contributed by atoms with E-state index >= 15 is 0 Å². The maximum absolute atomic E-state index is 12.4. The van der Waals surface area contributed by atoms with E-state index < -0.39 is 13.1 Å². The van der Waals surface area contributed by atoms with Gasteiger partial charge in [-0.15, -0.1) is 0 Å². The first kappa shape index (κ1) is 19.2. The van der Waals surface area contributed by atoms with Crippen LogP contribution in [0.4, 0.5) is 0 Å². The molecule has 7 heteroatoms. The first-order chi connectivity index (χ1) is 14.1. The minimum Gasteiger partial charge on any atom is -0.426 e. The van der Waals surface area contributed by atoms with Crippen molar-refractivity contribution in [2.75, 3.05) is 0 Å². The van der Waals surface area contributed by atoms with Crippen molar-refractivity contribution < 1.29 is 14.8 Å². The summed E-state index contributed by atoms with van der Waals surface area (Å²) in [6.07, 6.45) is 2.27. The monoisotopic (exact) mass is 387 g/mol. The van der Waals surface area contributed by atoms with Crippen LogP contribution in [0.3, 0.4) is 0 Å². The van der Waals surface area contributed by atoms with Crippen LogP contribution in [-0.4, -0.2) is 38.6 Å². The fraction of sp³-hybridized carbons (Fsp3) is 0.182. The molecule has 0 unspecified atom stereocenters. The van der Waals surface area contributed by atoms with E-state index in [9.17, 15) is 14.8 Å². The third-order valence-electron chi connectivity index (χ3n) is 5.08. The second-order valence-electron chi connectivity index (χ2n) is 7.15. The lowest BCUT2D eigenvalue weighted by molar-refractivity contribution is -0.121. The number of carbonyl (C=O) groups excluding carboxylic acids is 1. The quantitative estimate of drug-likeness (QED) is 0.425. The molecule has 4 aromatic rings. The molecule has 0 aliphatic carbocycles. The van der Waals surface area contributed by atoms with Gasteiger partial charge < -0.3 is 19.9 Å². The molecule has 3 N–H and O–H groups in total. The molecule has 4 rings (SSSR count). The van der Waals surface area contributed by atoms with Gasteiger partial charge in [0.1, 0.15) is 0 Å². The molecule has 0 radical (unpaired) electrons. The lowest BCUT2D eigenvalue weighted by atomic mass is 9.75. The zero-order valence-corrected chi connectivity index (χ0v) is 15.9. The SMILES string of the molecule is O=C(CCn1cnc2ccccc21)N[C@@H](Cc1ccc2ccccc2c1)B(O)O. The van der Waals surface area contributed by atoms with E-state index in [1.54, 1.807) is 6.33 Å². The van der Waals surface area contributed by atoms with Crippen molar-refractivity contribution in [1.29, 1.82) is 0 Å². The Hall–Kier alpha value is -3.16. The highest BCUT2D eigenvalue weighted by Gasteiger charge is 2.25. The van der Waals surface area contributed by atoms with Crippen molar-refractivity contribution in [3.05, 3.63) is 78.6 Å². The lowest BCUT2D eigenvalue weighted by Crippen LogP contribution is -2.48. The summed E-state index contributed by atoms with van der Waals surface area (Å²) in [5, 5.41) is 24.5. The molecule has 6 nitrogen and oxygen atoms in total. The van der Waals surface area contributed by atoms with E-state index in [1.807, 2.05) is 71.3 Å². The number of para-hydroxylation sites is 2. The van der Waals surface area contributed by atoms with Gasteiger partial charge in [-0.25, -0.2) is 4.98 Å². The number of carbonyl (C=O) groups is 1. The Balaban J connectivity index is 1.40. The molecule has 29 heavy (non-hydrogen) atoms. The molecule has 1 heterocycles. The van der Waals surface area contributed by atoms with Crippen molar-refractivity contribution in [2.45, 2.75) is 25.3 Å². The number of hydrogen-bond acceptors (Lipinski definition) is 4. The van der Waals surface area contributed by atoms with Gasteiger partial charge in [0.25, 0.3) is 0 Å². The van der Waals surface area contributed by atoms with Gasteiger partial charge in [0.2, 0.25) is 5.91 Å². The van der Waals surface area contributed by atoms with Crippen LogP contribution in [0.1, 0.15) is 12.0 Å². The molecule has 0 aliphatic heterocycles. The number of nitrogens with one attached hydrogen (secondary N) is 1. The third kappa shape index (κ3) is 4.47. The topological polar surface area (TPSA) is 87.4 Å². The summed E-state index contributed by atoms with van der Waals surface area (Å²) in [6.45, 7) is 0.469. The normalized spacial score (nSPS) is 12.2. The summed E-state index contributed by atoms with van der Waals surface area (Å²) in [7, 11) is -1.64. The van der Waals surface area contributed by atoms with Gasteiger partial charge in [-0.3, -0.25) is 4.79 Å². The summed E-state index contributed by atoms with van der Waals surface area (Å²) in [5.74, 6) is -1.01. The number of amides is 1. The molecule has 3 aromatic carbocycles. The second-order valence-corrected chi connectivity index (χ2v) is 7.15. The third-order valence-corrected chi connectivity index (χ3v) is 5.08. The summed E-state index contributed by atoms with van der Waals surface area (Å²) in [4.78, 5) is 16.7. The van der Waals surface area contributed by atoms with Crippen LogP contribution < -0.4 is 5.32 Å². The standard InChI is InChI=1S/C22H22BN3O3/c27-22(11-12-26-15-24-19-7-3-4-8-20(19)26)25-21(23(28)29)14-16-9-10-17-5-1-2-6-18(17)13-16/h1-10,13,15,21,28-29H,11-12,14H2,(H,25,27)/t21-/m0/s1. The number of hydrogen-bond donors (Lipinski definition) is 3. The number of nitrogens with zero attached hydrogens (tertiary/aromatic N) is 2. The number of aromatic nitrogens is 2. The van der Waals surface area contributed by atoms with Gasteiger partial charge in [-0.05, 0) is 34.9 Å². The van der Waals surface area contributed by atoms with Gasteiger partial charge in [0, 0.05) is 13.0 Å². The molecule has 1 atom stereocenters. The Morgan fingerprint density at radius 3 is 2.62 bits per heavy atom. The second kappa shape index (κ2) is 8.47. The van der Waals surface area contributed by atoms with Gasteiger partial charge in [-0.1, -0.05) is 54.6 Å². The smallest absolute Gasteiger partial charge is 0.426 e. The molecule has 0 aliphatic rings. The predicted octanol–water partition coefficient (Wildman–Crippen LogP) is 2.32. The number of benzene rings is 3. The van der Waals surface area contributed by atoms with E-state index in [4.69, 9.17) is 0 Å². The first-order valence-electron chi connectivity index (χ1n) is 9.63. The minimum absolute atomic E-state index is 0.224. The molecule has 0 bridgehead atoms. The van der Waals surface area contributed by atoms with Crippen LogP contribution >= 0.6 is 0 Å². The Kier molecular flexibility index (Phi) is 5.60. The molecule has 0 fully saturated rings. The average Bonchev–Trinajstić information content (AvgIpc) is 3.15. The summed E-state index contributed by atoms with van der Waals surface area (Å²) >= 11 is 0. The van der Waals surface area contributed by atoms with Crippen LogP contribution in [-0.2, 0) is 17.8 Å². The predicted molar refractivity (Wildman–Crippen MR) is 114 cm³/mol. The van der Waals surface area contributed by atoms with Gasteiger partial charge >= 0.3 is 7.12 Å². The molecule has 0 saturated carbocycles. The molecule has 0 saturated heterocycles. The molecule has 1 amide bonds. The molecular formula is C22H22BN3O3. The van der Waals surface area contributed by atoms with Gasteiger partial charge in [-0.2, -0.15) is 0 Å². The molecular weight excluding hydrogens is 365 g/mol. The fourth-order valence-corrected chi connectivity index (χ4v) is 3.54.